The van der Waals surface area contributed by atoms with Gasteiger partial charge in [0.2, 0.25) is 11.8 Å². The maximum absolute atomic E-state index is 12.0. The number of likely N-dealkylation sites (tertiary alicyclic amines) is 1. The average Bonchev–Trinajstić information content (AvgIpc) is 3.21. The van der Waals surface area contributed by atoms with Gasteiger partial charge in [-0.05, 0) is 31.5 Å². The predicted octanol–water partition coefficient (Wildman–Crippen LogP) is 2.06. The number of nitrogens with zero attached hydrogens (tertiary/aromatic N) is 4. The van der Waals surface area contributed by atoms with Gasteiger partial charge in [-0.3, -0.25) is 9.69 Å². The summed E-state index contributed by atoms with van der Waals surface area (Å²) in [6.07, 6.45) is 4.17. The number of hydrogen-bond donors (Lipinski definition) is 1. The Bertz CT molecular complexity index is 706. The average molecular weight is 331 g/mol. The third-order valence-electron chi connectivity index (χ3n) is 4.72. The van der Waals surface area contributed by atoms with Gasteiger partial charge < -0.3 is 14.3 Å². The molecule has 1 atom stereocenters. The number of nitrogens with one attached hydrogen (secondary N) is 1. The summed E-state index contributed by atoms with van der Waals surface area (Å²) in [7, 11) is 3.61. The van der Waals surface area contributed by atoms with Crippen molar-refractivity contribution in [2.24, 2.45) is 7.05 Å². The van der Waals surface area contributed by atoms with E-state index in [9.17, 15) is 4.79 Å². The maximum atomic E-state index is 12.0. The molecule has 2 aromatic rings. The summed E-state index contributed by atoms with van der Waals surface area (Å²) < 4.78 is 7.67. The summed E-state index contributed by atoms with van der Waals surface area (Å²) >= 11 is 0. The first kappa shape index (κ1) is 16.7. The molecule has 0 saturated carbocycles. The molecule has 0 aliphatic carbocycles. The molecule has 24 heavy (non-hydrogen) atoms. The van der Waals surface area contributed by atoms with E-state index in [2.05, 4.69) is 26.5 Å². The summed E-state index contributed by atoms with van der Waals surface area (Å²) in [4.78, 5) is 14.3. The first-order chi connectivity index (χ1) is 11.6. The van der Waals surface area contributed by atoms with Crippen LogP contribution in [-0.2, 0) is 20.0 Å². The van der Waals surface area contributed by atoms with Gasteiger partial charge >= 0.3 is 0 Å². The molecule has 1 fully saturated rings. The first-order valence-electron chi connectivity index (χ1n) is 8.57. The van der Waals surface area contributed by atoms with E-state index in [-0.39, 0.29) is 11.9 Å². The predicted molar refractivity (Wildman–Crippen MR) is 89.5 cm³/mol. The molecule has 1 unspecified atom stereocenters. The van der Waals surface area contributed by atoms with Crippen molar-refractivity contribution in [1.82, 2.24) is 25.0 Å². The smallest absolute Gasteiger partial charge is 0.267 e. The van der Waals surface area contributed by atoms with Crippen molar-refractivity contribution in [2.45, 2.75) is 45.2 Å². The minimum atomic E-state index is -0.0596. The molecular weight excluding hydrogens is 306 g/mol. The Kier molecular flexibility index (Phi) is 4.99. The van der Waals surface area contributed by atoms with Crippen LogP contribution in [0.3, 0.4) is 0 Å². The third kappa shape index (κ3) is 3.21. The van der Waals surface area contributed by atoms with Crippen molar-refractivity contribution in [2.75, 3.05) is 13.6 Å². The largest absolute Gasteiger partial charge is 0.424 e. The molecule has 3 heterocycles. The van der Waals surface area contributed by atoms with Crippen LogP contribution in [0.1, 0.15) is 60.2 Å². The second kappa shape index (κ2) is 7.17. The number of aryl methyl sites for hydroxylation is 1. The summed E-state index contributed by atoms with van der Waals surface area (Å²) in [5, 5.41) is 10.9. The zero-order valence-corrected chi connectivity index (χ0v) is 14.6. The topological polar surface area (TPSA) is 76.2 Å². The highest BCUT2D eigenvalue weighted by Gasteiger charge is 2.28. The van der Waals surface area contributed by atoms with E-state index in [0.717, 1.165) is 31.5 Å². The van der Waals surface area contributed by atoms with Crippen LogP contribution in [0.4, 0.5) is 0 Å². The number of hydrogen-bond acceptors (Lipinski definition) is 5. The van der Waals surface area contributed by atoms with Gasteiger partial charge in [-0.15, -0.1) is 10.2 Å². The fourth-order valence-electron chi connectivity index (χ4n) is 3.40. The molecule has 130 valence electrons. The fraction of sp³-hybridized carbons (Fsp3) is 0.588. The molecule has 7 nitrogen and oxygen atoms in total. The van der Waals surface area contributed by atoms with Crippen LogP contribution in [-0.4, -0.2) is 39.2 Å². The molecule has 0 spiro atoms. The van der Waals surface area contributed by atoms with E-state index in [1.165, 1.54) is 6.42 Å². The second-order valence-corrected chi connectivity index (χ2v) is 6.21. The molecule has 0 bridgehead atoms. The molecule has 1 aliphatic rings. The molecular formula is C17H25N5O2. The minimum absolute atomic E-state index is 0.0596. The Balaban J connectivity index is 1.82. The zero-order valence-electron chi connectivity index (χ0n) is 14.6. The molecule has 1 aliphatic heterocycles. The summed E-state index contributed by atoms with van der Waals surface area (Å²) in [6, 6.07) is 4.21. The van der Waals surface area contributed by atoms with Gasteiger partial charge in [0.15, 0.2) is 0 Å². The van der Waals surface area contributed by atoms with Gasteiger partial charge in [-0.25, -0.2) is 0 Å². The van der Waals surface area contributed by atoms with Gasteiger partial charge in [0.05, 0.1) is 12.6 Å². The minimum Gasteiger partial charge on any atom is -0.424 e. The van der Waals surface area contributed by atoms with Crippen LogP contribution in [0.2, 0.25) is 0 Å². The molecule has 1 saturated heterocycles. The highest BCUT2D eigenvalue weighted by molar-refractivity contribution is 5.92. The number of carbonyl (C=O) groups is 1. The number of amides is 1. The number of piperidine rings is 1. The fourth-order valence-corrected chi connectivity index (χ4v) is 3.40. The lowest BCUT2D eigenvalue weighted by Crippen LogP contribution is -2.34. The Morgan fingerprint density at radius 2 is 2.12 bits per heavy atom. The molecule has 3 rings (SSSR count). The van der Waals surface area contributed by atoms with Crippen molar-refractivity contribution in [3.05, 3.63) is 35.3 Å². The zero-order chi connectivity index (χ0) is 17.1. The van der Waals surface area contributed by atoms with Crippen molar-refractivity contribution >= 4 is 5.91 Å². The van der Waals surface area contributed by atoms with Gasteiger partial charge in [0.25, 0.3) is 5.91 Å². The Morgan fingerprint density at radius 1 is 1.33 bits per heavy atom. The Labute approximate surface area is 142 Å². The number of carbonyl (C=O) groups excluding carboxylic acids is 1. The lowest BCUT2D eigenvalue weighted by atomic mass is 9.99. The Morgan fingerprint density at radius 3 is 2.83 bits per heavy atom. The quantitative estimate of drug-likeness (QED) is 0.907. The van der Waals surface area contributed by atoms with Crippen LogP contribution in [0.5, 0.6) is 0 Å². The van der Waals surface area contributed by atoms with Gasteiger partial charge in [-0.2, -0.15) is 0 Å². The van der Waals surface area contributed by atoms with Gasteiger partial charge in [0.1, 0.15) is 5.69 Å². The molecule has 0 radical (unpaired) electrons. The van der Waals surface area contributed by atoms with Crippen LogP contribution in [0.25, 0.3) is 0 Å². The molecule has 1 amide bonds. The van der Waals surface area contributed by atoms with E-state index in [4.69, 9.17) is 4.42 Å². The molecule has 1 N–H and O–H groups in total. The Hall–Kier alpha value is -2.15. The van der Waals surface area contributed by atoms with Crippen LogP contribution < -0.4 is 5.32 Å². The molecule has 2 aromatic heterocycles. The molecule has 0 aromatic carbocycles. The van der Waals surface area contributed by atoms with Crippen molar-refractivity contribution in [3.8, 4) is 0 Å². The standard InChI is InChI=1S/C17H25N5O2/c1-4-15-19-20-16(24-15)11-22-10-6-5-7-13(22)12-8-9-14(21(12)3)17(23)18-2/h8-9,13H,4-7,10-11H2,1-3H3,(H,18,23). The molecule has 7 heteroatoms. The normalized spacial score (nSPS) is 18.7. The highest BCUT2D eigenvalue weighted by atomic mass is 16.4. The SMILES string of the molecule is CCc1nnc(CN2CCCCC2c2ccc(C(=O)NC)n2C)o1. The van der Waals surface area contributed by atoms with E-state index >= 15 is 0 Å². The van der Waals surface area contributed by atoms with Crippen LogP contribution in [0.15, 0.2) is 16.5 Å². The monoisotopic (exact) mass is 331 g/mol. The van der Waals surface area contributed by atoms with Crippen molar-refractivity contribution in [1.29, 1.82) is 0 Å². The van der Waals surface area contributed by atoms with Crippen LogP contribution in [0, 0.1) is 0 Å². The van der Waals surface area contributed by atoms with Gasteiger partial charge in [-0.1, -0.05) is 13.3 Å². The van der Waals surface area contributed by atoms with E-state index < -0.39 is 0 Å². The van der Waals surface area contributed by atoms with Crippen molar-refractivity contribution < 1.29 is 9.21 Å². The summed E-state index contributed by atoms with van der Waals surface area (Å²) in [5.74, 6) is 1.29. The highest BCUT2D eigenvalue weighted by Crippen LogP contribution is 2.32. The van der Waals surface area contributed by atoms with Crippen LogP contribution >= 0.6 is 0 Å². The van der Waals surface area contributed by atoms with Crippen molar-refractivity contribution in [3.63, 3.8) is 0 Å². The van der Waals surface area contributed by atoms with Gasteiger partial charge in [0, 0.05) is 26.2 Å². The number of rotatable bonds is 5. The van der Waals surface area contributed by atoms with E-state index in [1.54, 1.807) is 7.05 Å². The summed E-state index contributed by atoms with van der Waals surface area (Å²) in [6.45, 7) is 3.65. The van der Waals surface area contributed by atoms with E-state index in [0.29, 0.717) is 24.0 Å². The maximum Gasteiger partial charge on any atom is 0.267 e. The lowest BCUT2D eigenvalue weighted by Gasteiger charge is -2.35. The van der Waals surface area contributed by atoms with E-state index in [1.807, 2.05) is 24.6 Å². The summed E-state index contributed by atoms with van der Waals surface area (Å²) in [5.41, 5.74) is 1.84. The second-order valence-electron chi connectivity index (χ2n) is 6.21. The number of aromatic nitrogens is 3. The first-order valence-corrected chi connectivity index (χ1v) is 8.57. The lowest BCUT2D eigenvalue weighted by molar-refractivity contribution is 0.0951. The third-order valence-corrected chi connectivity index (χ3v) is 4.72.